The third-order valence-corrected chi connectivity index (χ3v) is 3.94. The van der Waals surface area contributed by atoms with Gasteiger partial charge in [-0.1, -0.05) is 4.57 Å². The second-order valence-corrected chi connectivity index (χ2v) is 5.53. The molecule has 1 aliphatic carbocycles. The van der Waals surface area contributed by atoms with Gasteiger partial charge >= 0.3 is 7.80 Å². The lowest BCUT2D eigenvalue weighted by Crippen LogP contribution is -2.34. The summed E-state index contributed by atoms with van der Waals surface area (Å²) < 4.78 is 11.0. The zero-order valence-corrected chi connectivity index (χ0v) is 8.95. The molecule has 2 fully saturated rings. The van der Waals surface area contributed by atoms with Gasteiger partial charge in [0.25, 0.3) is 0 Å². The van der Waals surface area contributed by atoms with Crippen LogP contribution in [0.25, 0.3) is 0 Å². The van der Waals surface area contributed by atoms with Crippen molar-refractivity contribution in [1.82, 2.24) is 4.90 Å². The molecule has 0 spiro atoms. The summed E-state index contributed by atoms with van der Waals surface area (Å²) in [7, 11) is -0.815. The van der Waals surface area contributed by atoms with Crippen molar-refractivity contribution in [3.63, 3.8) is 0 Å². The van der Waals surface area contributed by atoms with Gasteiger partial charge in [-0.3, -0.25) is 4.90 Å². The van der Waals surface area contributed by atoms with Crippen molar-refractivity contribution >= 4 is 20.2 Å². The van der Waals surface area contributed by atoms with Crippen molar-refractivity contribution in [3.8, 4) is 0 Å². The maximum atomic E-state index is 11.0. The van der Waals surface area contributed by atoms with E-state index in [0.29, 0.717) is 0 Å². The van der Waals surface area contributed by atoms with Crippen LogP contribution in [-0.4, -0.2) is 36.9 Å². The molecule has 1 saturated carbocycles. The van der Waals surface area contributed by atoms with Gasteiger partial charge in [-0.15, -0.1) is 12.4 Å². The molecule has 4 heteroatoms. The van der Waals surface area contributed by atoms with Gasteiger partial charge in [0.05, 0.1) is 0 Å². The van der Waals surface area contributed by atoms with Gasteiger partial charge in [0, 0.05) is 19.6 Å². The average Bonchev–Trinajstić information content (AvgIpc) is 2.78. The molecule has 0 atom stereocenters. The maximum Gasteiger partial charge on any atom is 0.341 e. The molecule has 0 N–H and O–H groups in total. The molecule has 1 saturated heterocycles. The van der Waals surface area contributed by atoms with Crippen molar-refractivity contribution in [3.05, 3.63) is 0 Å². The van der Waals surface area contributed by atoms with Crippen molar-refractivity contribution < 1.29 is 4.57 Å². The van der Waals surface area contributed by atoms with Gasteiger partial charge in [0.2, 0.25) is 0 Å². The normalized spacial score (nSPS) is 25.2. The number of halogens is 1. The first-order valence-electron chi connectivity index (χ1n) is 4.49. The van der Waals surface area contributed by atoms with Crippen LogP contribution in [0.1, 0.15) is 12.8 Å². The molecule has 70 valence electrons. The third kappa shape index (κ3) is 3.01. The predicted octanol–water partition coefficient (Wildman–Crippen LogP) is 1.96. The molecule has 12 heavy (non-hydrogen) atoms. The molecule has 0 amide bonds. The summed E-state index contributed by atoms with van der Waals surface area (Å²) in [6, 6.07) is 0. The van der Waals surface area contributed by atoms with Crippen molar-refractivity contribution in [2.24, 2.45) is 5.92 Å². The highest BCUT2D eigenvalue weighted by Gasteiger charge is 2.29. The number of nitrogens with zero attached hydrogens (tertiary/aromatic N) is 1. The Balaban J connectivity index is 0.000000720. The Morgan fingerprint density at radius 1 is 1.25 bits per heavy atom. The lowest BCUT2D eigenvalue weighted by Gasteiger charge is -2.20. The Kier molecular flexibility index (Phi) is 3.95. The van der Waals surface area contributed by atoms with Gasteiger partial charge in [-0.05, 0) is 18.8 Å². The fraction of sp³-hybridized carbons (Fsp3) is 1.00. The highest BCUT2D eigenvalue weighted by atomic mass is 35.5. The Hall–Kier alpha value is 0.350. The van der Waals surface area contributed by atoms with E-state index in [0.717, 1.165) is 31.3 Å². The molecule has 2 aliphatic rings. The SMILES string of the molecule is Cl.O=[P+]1CCN(CC2CC2)CC1. The number of hydrogen-bond acceptors (Lipinski definition) is 2. The molecule has 1 aliphatic heterocycles. The van der Waals surface area contributed by atoms with Gasteiger partial charge in [0.15, 0.2) is 12.3 Å². The quantitative estimate of drug-likeness (QED) is 0.647. The van der Waals surface area contributed by atoms with Crippen LogP contribution in [0.3, 0.4) is 0 Å². The summed E-state index contributed by atoms with van der Waals surface area (Å²) in [6.07, 6.45) is 4.76. The summed E-state index contributed by atoms with van der Waals surface area (Å²) in [5.74, 6) is 0.992. The third-order valence-electron chi connectivity index (χ3n) is 2.54. The Bertz CT molecular complexity index is 162. The molecule has 0 aromatic rings. The summed E-state index contributed by atoms with van der Waals surface area (Å²) in [5, 5.41) is 0. The summed E-state index contributed by atoms with van der Waals surface area (Å²) in [6.45, 7) is 3.46. The average molecular weight is 209 g/mol. The monoisotopic (exact) mass is 208 g/mol. The zero-order chi connectivity index (χ0) is 7.68. The topological polar surface area (TPSA) is 20.3 Å². The molecule has 0 bridgehead atoms. The second-order valence-electron chi connectivity index (χ2n) is 3.67. The van der Waals surface area contributed by atoms with Crippen LogP contribution in [0.2, 0.25) is 0 Å². The number of rotatable bonds is 2. The van der Waals surface area contributed by atoms with E-state index in [9.17, 15) is 4.57 Å². The lowest BCUT2D eigenvalue weighted by atomic mass is 10.3. The highest BCUT2D eigenvalue weighted by Crippen LogP contribution is 2.32. The van der Waals surface area contributed by atoms with Crippen LogP contribution < -0.4 is 0 Å². The number of hydrogen-bond donors (Lipinski definition) is 0. The van der Waals surface area contributed by atoms with Crippen LogP contribution in [0.4, 0.5) is 0 Å². The minimum atomic E-state index is -0.815. The Labute approximate surface area is 80.9 Å². The van der Waals surface area contributed by atoms with E-state index < -0.39 is 7.80 Å². The van der Waals surface area contributed by atoms with Gasteiger partial charge in [0.1, 0.15) is 0 Å². The van der Waals surface area contributed by atoms with Gasteiger partial charge < -0.3 is 0 Å². The summed E-state index contributed by atoms with van der Waals surface area (Å²) in [4.78, 5) is 2.48. The van der Waals surface area contributed by atoms with Gasteiger partial charge in [-0.25, -0.2) is 0 Å². The summed E-state index contributed by atoms with van der Waals surface area (Å²) >= 11 is 0. The lowest BCUT2D eigenvalue weighted by molar-refractivity contribution is 0.285. The van der Waals surface area contributed by atoms with E-state index in [4.69, 9.17) is 0 Å². The molecule has 2 nitrogen and oxygen atoms in total. The van der Waals surface area contributed by atoms with E-state index in [1.165, 1.54) is 19.4 Å². The van der Waals surface area contributed by atoms with Crippen molar-refractivity contribution in [1.29, 1.82) is 0 Å². The molecule has 0 radical (unpaired) electrons. The fourth-order valence-corrected chi connectivity index (χ4v) is 2.81. The standard InChI is InChI=1S/C8H15NOP.ClH/c10-11-5-3-9(4-6-11)7-8-1-2-8;/h8H,1-7H2;1H/q+1;. The molecule has 0 aromatic heterocycles. The van der Waals surface area contributed by atoms with Crippen LogP contribution in [0.15, 0.2) is 0 Å². The summed E-state index contributed by atoms with van der Waals surface area (Å²) in [5.41, 5.74) is 0. The molecular formula is C8H16ClNOP+. The zero-order valence-electron chi connectivity index (χ0n) is 7.24. The van der Waals surface area contributed by atoms with E-state index in [1.54, 1.807) is 0 Å². The van der Waals surface area contributed by atoms with E-state index >= 15 is 0 Å². The molecule has 1 heterocycles. The first-order chi connectivity index (χ1) is 5.34. The molecule has 0 aromatic carbocycles. The Morgan fingerprint density at radius 3 is 2.33 bits per heavy atom. The highest BCUT2D eigenvalue weighted by molar-refractivity contribution is 7.44. The maximum absolute atomic E-state index is 11.0. The van der Waals surface area contributed by atoms with Crippen LogP contribution in [0.5, 0.6) is 0 Å². The molecule has 2 rings (SSSR count). The van der Waals surface area contributed by atoms with Crippen LogP contribution in [-0.2, 0) is 4.57 Å². The van der Waals surface area contributed by atoms with E-state index in [2.05, 4.69) is 4.90 Å². The minimum absolute atomic E-state index is 0. The van der Waals surface area contributed by atoms with Crippen LogP contribution in [0, 0.1) is 5.92 Å². The largest absolute Gasteiger partial charge is 0.341 e. The van der Waals surface area contributed by atoms with Crippen LogP contribution >= 0.6 is 20.2 Å². The minimum Gasteiger partial charge on any atom is -0.295 e. The first-order valence-corrected chi connectivity index (χ1v) is 6.12. The Morgan fingerprint density at radius 2 is 1.83 bits per heavy atom. The van der Waals surface area contributed by atoms with E-state index in [-0.39, 0.29) is 12.4 Å². The second kappa shape index (κ2) is 4.55. The molecule has 0 unspecified atom stereocenters. The first kappa shape index (κ1) is 10.4. The van der Waals surface area contributed by atoms with Crippen molar-refractivity contribution in [2.75, 3.05) is 32.0 Å². The molecular weight excluding hydrogens is 193 g/mol. The van der Waals surface area contributed by atoms with E-state index in [1.807, 2.05) is 0 Å². The fourth-order valence-electron chi connectivity index (χ4n) is 1.58. The smallest absolute Gasteiger partial charge is 0.295 e. The predicted molar refractivity (Wildman–Crippen MR) is 53.8 cm³/mol. The van der Waals surface area contributed by atoms with Crippen molar-refractivity contribution in [2.45, 2.75) is 12.8 Å². The van der Waals surface area contributed by atoms with Gasteiger partial charge in [-0.2, -0.15) is 0 Å².